The lowest BCUT2D eigenvalue weighted by Crippen LogP contribution is -2.43. The number of carbonyl (C=O) groups is 4. The minimum atomic E-state index is -0.465. The lowest BCUT2D eigenvalue weighted by molar-refractivity contribution is -0.136. The van der Waals surface area contributed by atoms with E-state index in [1.54, 1.807) is 9.80 Å². The quantitative estimate of drug-likeness (QED) is 0.202. The molecule has 2 aliphatic heterocycles. The minimum Gasteiger partial charge on any atom is -0.330 e. The van der Waals surface area contributed by atoms with Crippen LogP contribution in [0.4, 0.5) is 11.4 Å². The Morgan fingerprint density at radius 2 is 0.917 bits per heavy atom. The van der Waals surface area contributed by atoms with Gasteiger partial charge in [0.2, 0.25) is 23.6 Å². The first-order valence-corrected chi connectivity index (χ1v) is 16.6. The smallest absolute Gasteiger partial charge is 0.247 e. The number of hydrogen-bond acceptors (Lipinski definition) is 4. The standard InChI is InChI=1S/C40H40N4O4/c45-37(27-31-9-3-1-4-10-31)43-25-7-13-35(43)39(47)41-33-21-17-29(18-22-33)15-16-30-19-23-34(24-20-30)42-40(48)36-14-8-26-44(36)38(46)28-32-11-5-2-6-12-32/h1-6,9-12,15-24,35-36H,7-8,13-14,25-28H2,(H,41,47)(H,42,48)/b16-15-/t35-,36-/m0/s1. The molecule has 0 aliphatic carbocycles. The van der Waals surface area contributed by atoms with E-state index in [1.165, 1.54) is 0 Å². The van der Waals surface area contributed by atoms with E-state index in [-0.39, 0.29) is 23.6 Å². The minimum absolute atomic E-state index is 0.0266. The molecule has 2 heterocycles. The van der Waals surface area contributed by atoms with E-state index in [4.69, 9.17) is 0 Å². The first-order chi connectivity index (χ1) is 23.4. The molecule has 2 aliphatic rings. The first-order valence-electron chi connectivity index (χ1n) is 16.6. The molecule has 0 bridgehead atoms. The number of amides is 4. The van der Waals surface area contributed by atoms with Crippen molar-refractivity contribution in [3.63, 3.8) is 0 Å². The molecular formula is C40H40N4O4. The van der Waals surface area contributed by atoms with Crippen molar-refractivity contribution in [2.24, 2.45) is 0 Å². The SMILES string of the molecule is O=C(Nc1ccc(/C=C\c2ccc(NC(=O)[C@@H]3CCCN3C(=O)Cc3ccccc3)cc2)cc1)[C@@H]1CCCN1C(=O)Cc1ccccc1. The van der Waals surface area contributed by atoms with Gasteiger partial charge in [0, 0.05) is 24.5 Å². The average molecular weight is 641 g/mol. The molecule has 48 heavy (non-hydrogen) atoms. The van der Waals surface area contributed by atoms with Crippen molar-refractivity contribution < 1.29 is 19.2 Å². The highest BCUT2D eigenvalue weighted by Gasteiger charge is 2.35. The van der Waals surface area contributed by atoms with Crippen molar-refractivity contribution in [3.05, 3.63) is 131 Å². The van der Waals surface area contributed by atoms with Crippen LogP contribution in [0.15, 0.2) is 109 Å². The summed E-state index contributed by atoms with van der Waals surface area (Å²) in [6.07, 6.45) is 7.48. The number of likely N-dealkylation sites (tertiary alicyclic amines) is 2. The number of anilines is 2. The molecule has 2 atom stereocenters. The van der Waals surface area contributed by atoms with Crippen molar-refractivity contribution in [2.45, 2.75) is 50.6 Å². The molecule has 4 aromatic carbocycles. The highest BCUT2D eigenvalue weighted by atomic mass is 16.2. The Bertz CT molecular complexity index is 1620. The Labute approximate surface area is 281 Å². The number of rotatable bonds is 10. The Balaban J connectivity index is 0.985. The first kappa shape index (κ1) is 32.4. The molecule has 8 nitrogen and oxygen atoms in total. The Morgan fingerprint density at radius 1 is 0.542 bits per heavy atom. The van der Waals surface area contributed by atoms with Gasteiger partial charge < -0.3 is 20.4 Å². The molecule has 0 radical (unpaired) electrons. The lowest BCUT2D eigenvalue weighted by atomic mass is 10.1. The van der Waals surface area contributed by atoms with Crippen LogP contribution in [0.2, 0.25) is 0 Å². The second kappa shape index (κ2) is 15.4. The Kier molecular flexibility index (Phi) is 10.4. The highest BCUT2D eigenvalue weighted by Crippen LogP contribution is 2.23. The van der Waals surface area contributed by atoms with Gasteiger partial charge in [-0.3, -0.25) is 19.2 Å². The molecule has 4 aromatic rings. The second-order valence-electron chi connectivity index (χ2n) is 12.4. The third kappa shape index (κ3) is 8.25. The van der Waals surface area contributed by atoms with Crippen LogP contribution in [0.1, 0.15) is 47.9 Å². The zero-order valence-corrected chi connectivity index (χ0v) is 26.9. The maximum atomic E-state index is 13.1. The summed E-state index contributed by atoms with van der Waals surface area (Å²) in [5.41, 5.74) is 5.18. The summed E-state index contributed by atoms with van der Waals surface area (Å²) in [5, 5.41) is 5.96. The Hall–Kier alpha value is -5.50. The molecule has 0 spiro atoms. The van der Waals surface area contributed by atoms with Gasteiger partial charge in [-0.1, -0.05) is 97.1 Å². The molecule has 8 heteroatoms. The van der Waals surface area contributed by atoms with Gasteiger partial charge in [-0.05, 0) is 72.2 Å². The summed E-state index contributed by atoms with van der Waals surface area (Å²) >= 11 is 0. The maximum absolute atomic E-state index is 13.1. The van der Waals surface area contributed by atoms with Crippen molar-refractivity contribution >= 4 is 47.2 Å². The van der Waals surface area contributed by atoms with Crippen LogP contribution in [0.5, 0.6) is 0 Å². The number of benzene rings is 4. The van der Waals surface area contributed by atoms with Gasteiger partial charge in [0.25, 0.3) is 0 Å². The van der Waals surface area contributed by atoms with Crippen LogP contribution in [-0.2, 0) is 32.0 Å². The van der Waals surface area contributed by atoms with Crippen molar-refractivity contribution in [1.29, 1.82) is 0 Å². The van der Waals surface area contributed by atoms with Crippen molar-refractivity contribution in [3.8, 4) is 0 Å². The van der Waals surface area contributed by atoms with Gasteiger partial charge >= 0.3 is 0 Å². The summed E-state index contributed by atoms with van der Waals surface area (Å²) < 4.78 is 0. The fraction of sp³-hybridized carbons (Fsp3) is 0.250. The zero-order chi connectivity index (χ0) is 33.3. The van der Waals surface area contributed by atoms with E-state index in [0.29, 0.717) is 50.1 Å². The number of nitrogens with zero attached hydrogens (tertiary/aromatic N) is 2. The topological polar surface area (TPSA) is 98.8 Å². The van der Waals surface area contributed by atoms with Crippen LogP contribution < -0.4 is 10.6 Å². The Morgan fingerprint density at radius 3 is 1.29 bits per heavy atom. The average Bonchev–Trinajstić information content (AvgIpc) is 3.81. The fourth-order valence-electron chi connectivity index (χ4n) is 6.42. The van der Waals surface area contributed by atoms with E-state index in [1.807, 2.05) is 121 Å². The third-order valence-electron chi connectivity index (χ3n) is 8.97. The van der Waals surface area contributed by atoms with Crippen LogP contribution in [0, 0.1) is 0 Å². The predicted molar refractivity (Wildman–Crippen MR) is 189 cm³/mol. The van der Waals surface area contributed by atoms with Crippen LogP contribution in [0.3, 0.4) is 0 Å². The third-order valence-corrected chi connectivity index (χ3v) is 8.97. The number of nitrogens with one attached hydrogen (secondary N) is 2. The summed E-state index contributed by atoms with van der Waals surface area (Å²) in [6.45, 7) is 1.19. The summed E-state index contributed by atoms with van der Waals surface area (Å²) in [7, 11) is 0. The molecule has 2 N–H and O–H groups in total. The summed E-state index contributed by atoms with van der Waals surface area (Å²) in [5.74, 6) is -0.380. The molecule has 2 saturated heterocycles. The van der Waals surface area contributed by atoms with Crippen molar-refractivity contribution in [2.75, 3.05) is 23.7 Å². The molecule has 0 unspecified atom stereocenters. The van der Waals surface area contributed by atoms with Gasteiger partial charge in [-0.15, -0.1) is 0 Å². The molecule has 6 rings (SSSR count). The van der Waals surface area contributed by atoms with Gasteiger partial charge in [0.15, 0.2) is 0 Å². The second-order valence-corrected chi connectivity index (χ2v) is 12.4. The number of hydrogen-bond donors (Lipinski definition) is 2. The largest absolute Gasteiger partial charge is 0.330 e. The predicted octanol–water partition coefficient (Wildman–Crippen LogP) is 6.20. The molecule has 244 valence electrons. The van der Waals surface area contributed by atoms with E-state index in [9.17, 15) is 19.2 Å². The van der Waals surface area contributed by atoms with E-state index in [2.05, 4.69) is 10.6 Å². The monoisotopic (exact) mass is 640 g/mol. The van der Waals surface area contributed by atoms with Gasteiger partial charge in [0.05, 0.1) is 12.8 Å². The van der Waals surface area contributed by atoms with Crippen LogP contribution in [0.25, 0.3) is 12.2 Å². The summed E-state index contributed by atoms with van der Waals surface area (Å²) in [4.78, 5) is 55.5. The van der Waals surface area contributed by atoms with Gasteiger partial charge in [0.1, 0.15) is 12.1 Å². The van der Waals surface area contributed by atoms with Gasteiger partial charge in [-0.2, -0.15) is 0 Å². The normalized spacial score (nSPS) is 17.4. The number of carbonyl (C=O) groups excluding carboxylic acids is 4. The summed E-state index contributed by atoms with van der Waals surface area (Å²) in [6, 6.07) is 33.4. The van der Waals surface area contributed by atoms with Gasteiger partial charge in [-0.25, -0.2) is 0 Å². The molecule has 0 saturated carbocycles. The van der Waals surface area contributed by atoms with E-state index < -0.39 is 12.1 Å². The van der Waals surface area contributed by atoms with E-state index in [0.717, 1.165) is 35.1 Å². The molecule has 2 fully saturated rings. The molecule has 4 amide bonds. The maximum Gasteiger partial charge on any atom is 0.247 e. The molecule has 0 aromatic heterocycles. The van der Waals surface area contributed by atoms with E-state index >= 15 is 0 Å². The lowest BCUT2D eigenvalue weighted by Gasteiger charge is -2.24. The van der Waals surface area contributed by atoms with Crippen LogP contribution >= 0.6 is 0 Å². The molecular weight excluding hydrogens is 600 g/mol. The zero-order valence-electron chi connectivity index (χ0n) is 26.9. The fourth-order valence-corrected chi connectivity index (χ4v) is 6.42. The van der Waals surface area contributed by atoms with Crippen molar-refractivity contribution in [1.82, 2.24) is 9.80 Å². The highest BCUT2D eigenvalue weighted by molar-refractivity contribution is 5.98. The van der Waals surface area contributed by atoms with Crippen LogP contribution in [-0.4, -0.2) is 58.6 Å².